The van der Waals surface area contributed by atoms with Gasteiger partial charge in [0.1, 0.15) is 12.4 Å². The zero-order valence-corrected chi connectivity index (χ0v) is 10.7. The normalized spacial score (nSPS) is 10.0. The molecule has 0 bridgehead atoms. The fourth-order valence-electron chi connectivity index (χ4n) is 1.47. The topological polar surface area (TPSA) is 46.6 Å². The van der Waals surface area contributed by atoms with Gasteiger partial charge >= 0.3 is 5.97 Å². The summed E-state index contributed by atoms with van der Waals surface area (Å²) >= 11 is 0. The third-order valence-corrected chi connectivity index (χ3v) is 2.42. The van der Waals surface area contributed by atoms with Crippen molar-refractivity contribution in [2.45, 2.75) is 13.8 Å². The molecule has 0 heterocycles. The van der Waals surface area contributed by atoms with E-state index < -0.39 is 5.97 Å². The van der Waals surface area contributed by atoms with Crippen LogP contribution in [0.5, 0.6) is 0 Å². The molecule has 0 radical (unpaired) electrons. The van der Waals surface area contributed by atoms with Crippen LogP contribution < -0.4 is 0 Å². The van der Waals surface area contributed by atoms with Gasteiger partial charge in [0.05, 0.1) is 6.61 Å². The van der Waals surface area contributed by atoms with Crippen LogP contribution in [0.1, 0.15) is 22.8 Å². The lowest BCUT2D eigenvalue weighted by molar-refractivity contribution is -0.143. The van der Waals surface area contributed by atoms with Gasteiger partial charge in [-0.3, -0.25) is 9.59 Å². The lowest BCUT2D eigenvalue weighted by atomic mass is 10.1. The van der Waals surface area contributed by atoms with Gasteiger partial charge in [-0.05, 0) is 37.6 Å². The van der Waals surface area contributed by atoms with E-state index in [0.717, 1.165) is 0 Å². The van der Waals surface area contributed by atoms with E-state index in [1.165, 1.54) is 30.1 Å². The second kappa shape index (κ2) is 6.14. The van der Waals surface area contributed by atoms with Crippen LogP contribution in [0.25, 0.3) is 0 Å². The first kappa shape index (κ1) is 14.2. The minimum absolute atomic E-state index is 0.122. The van der Waals surface area contributed by atoms with Crippen molar-refractivity contribution in [3.63, 3.8) is 0 Å². The van der Waals surface area contributed by atoms with E-state index in [2.05, 4.69) is 0 Å². The van der Waals surface area contributed by atoms with Crippen LogP contribution in [0.2, 0.25) is 0 Å². The molecular formula is C13H16FNO3. The number of aryl methyl sites for hydroxylation is 1. The average Bonchev–Trinajstić information content (AvgIpc) is 2.32. The number of hydrogen-bond acceptors (Lipinski definition) is 3. The minimum atomic E-state index is -0.466. The zero-order valence-electron chi connectivity index (χ0n) is 10.7. The molecule has 1 aromatic rings. The molecule has 4 nitrogen and oxygen atoms in total. The largest absolute Gasteiger partial charge is 0.465 e. The van der Waals surface area contributed by atoms with Gasteiger partial charge in [-0.2, -0.15) is 0 Å². The first-order valence-electron chi connectivity index (χ1n) is 5.63. The summed E-state index contributed by atoms with van der Waals surface area (Å²) in [6.07, 6.45) is 0. The molecule has 0 fully saturated rings. The SMILES string of the molecule is CCOC(=O)CN(C)C(=O)c1ccc(F)c(C)c1. The average molecular weight is 253 g/mol. The number of rotatable bonds is 4. The predicted octanol–water partition coefficient (Wildman–Crippen LogP) is 1.77. The van der Waals surface area contributed by atoms with E-state index in [9.17, 15) is 14.0 Å². The van der Waals surface area contributed by atoms with Crippen molar-refractivity contribution in [1.82, 2.24) is 4.90 Å². The molecule has 0 aromatic heterocycles. The van der Waals surface area contributed by atoms with Gasteiger partial charge in [0.25, 0.3) is 5.91 Å². The number of likely N-dealkylation sites (N-methyl/N-ethyl adjacent to an activating group) is 1. The molecule has 18 heavy (non-hydrogen) atoms. The summed E-state index contributed by atoms with van der Waals surface area (Å²) in [7, 11) is 1.50. The Bertz CT molecular complexity index is 460. The number of carbonyl (C=O) groups excluding carboxylic acids is 2. The summed E-state index contributed by atoms with van der Waals surface area (Å²) in [4.78, 5) is 24.4. The second-order valence-corrected chi connectivity index (χ2v) is 3.93. The summed E-state index contributed by atoms with van der Waals surface area (Å²) in [5.41, 5.74) is 0.742. The number of amides is 1. The summed E-state index contributed by atoms with van der Waals surface area (Å²) in [5, 5.41) is 0. The van der Waals surface area contributed by atoms with Crippen LogP contribution in [0.3, 0.4) is 0 Å². The first-order chi connectivity index (χ1) is 8.45. The van der Waals surface area contributed by atoms with Crippen LogP contribution in [0.4, 0.5) is 4.39 Å². The van der Waals surface area contributed by atoms with Gasteiger partial charge in [0.2, 0.25) is 0 Å². The molecule has 0 aliphatic rings. The predicted molar refractivity (Wildman–Crippen MR) is 64.7 cm³/mol. The van der Waals surface area contributed by atoms with Gasteiger partial charge in [-0.25, -0.2) is 4.39 Å². The Morgan fingerprint density at radius 1 is 1.39 bits per heavy atom. The van der Waals surface area contributed by atoms with Crippen molar-refractivity contribution in [2.24, 2.45) is 0 Å². The van der Waals surface area contributed by atoms with Crippen molar-refractivity contribution < 1.29 is 18.7 Å². The molecule has 0 saturated heterocycles. The van der Waals surface area contributed by atoms with E-state index in [1.807, 2.05) is 0 Å². The highest BCUT2D eigenvalue weighted by Gasteiger charge is 2.16. The number of esters is 1. The molecule has 0 atom stereocenters. The Hall–Kier alpha value is -1.91. The van der Waals surface area contributed by atoms with Crippen LogP contribution in [-0.4, -0.2) is 37.0 Å². The molecule has 0 saturated carbocycles. The van der Waals surface area contributed by atoms with Crippen LogP contribution in [0, 0.1) is 12.7 Å². The van der Waals surface area contributed by atoms with E-state index in [4.69, 9.17) is 4.74 Å². The molecule has 1 aromatic carbocycles. The van der Waals surface area contributed by atoms with Crippen molar-refractivity contribution in [2.75, 3.05) is 20.2 Å². The van der Waals surface area contributed by atoms with Gasteiger partial charge in [-0.1, -0.05) is 0 Å². The number of benzene rings is 1. The maximum atomic E-state index is 13.1. The van der Waals surface area contributed by atoms with E-state index in [-0.39, 0.29) is 24.9 Å². The van der Waals surface area contributed by atoms with Gasteiger partial charge in [0.15, 0.2) is 0 Å². The number of hydrogen-bond donors (Lipinski definition) is 0. The lowest BCUT2D eigenvalue weighted by Crippen LogP contribution is -2.33. The third kappa shape index (κ3) is 3.55. The molecule has 98 valence electrons. The Kier molecular flexibility index (Phi) is 4.83. The molecule has 1 amide bonds. The van der Waals surface area contributed by atoms with Crippen molar-refractivity contribution in [1.29, 1.82) is 0 Å². The van der Waals surface area contributed by atoms with E-state index >= 15 is 0 Å². The third-order valence-electron chi connectivity index (χ3n) is 2.42. The maximum absolute atomic E-state index is 13.1. The Morgan fingerprint density at radius 3 is 2.61 bits per heavy atom. The fraction of sp³-hybridized carbons (Fsp3) is 0.385. The number of ether oxygens (including phenoxy) is 1. The van der Waals surface area contributed by atoms with Crippen LogP contribution in [0.15, 0.2) is 18.2 Å². The highest BCUT2D eigenvalue weighted by Crippen LogP contribution is 2.11. The molecule has 0 N–H and O–H groups in total. The monoisotopic (exact) mass is 253 g/mol. The fourth-order valence-corrected chi connectivity index (χ4v) is 1.47. The quantitative estimate of drug-likeness (QED) is 0.768. The summed E-state index contributed by atoms with van der Waals surface area (Å²) in [6.45, 7) is 3.43. The maximum Gasteiger partial charge on any atom is 0.325 e. The molecule has 0 aliphatic carbocycles. The molecule has 1 rings (SSSR count). The number of nitrogens with zero attached hydrogens (tertiary/aromatic N) is 1. The highest BCUT2D eigenvalue weighted by atomic mass is 19.1. The highest BCUT2D eigenvalue weighted by molar-refractivity contribution is 5.95. The van der Waals surface area contributed by atoms with Crippen molar-refractivity contribution in [3.05, 3.63) is 35.1 Å². The minimum Gasteiger partial charge on any atom is -0.465 e. The molecule has 5 heteroatoms. The van der Waals surface area contributed by atoms with E-state index in [0.29, 0.717) is 11.1 Å². The van der Waals surface area contributed by atoms with Gasteiger partial charge in [-0.15, -0.1) is 0 Å². The van der Waals surface area contributed by atoms with Crippen molar-refractivity contribution in [3.8, 4) is 0 Å². The van der Waals surface area contributed by atoms with Crippen LogP contribution >= 0.6 is 0 Å². The molecule has 0 unspecified atom stereocenters. The van der Waals surface area contributed by atoms with Crippen LogP contribution in [-0.2, 0) is 9.53 Å². The Morgan fingerprint density at radius 2 is 2.06 bits per heavy atom. The molecule has 0 spiro atoms. The zero-order chi connectivity index (χ0) is 13.7. The van der Waals surface area contributed by atoms with Gasteiger partial charge < -0.3 is 9.64 Å². The summed E-state index contributed by atoms with van der Waals surface area (Å²) in [5.74, 6) is -1.17. The summed E-state index contributed by atoms with van der Waals surface area (Å²) in [6, 6.07) is 4.09. The van der Waals surface area contributed by atoms with Gasteiger partial charge in [0, 0.05) is 12.6 Å². The Balaban J connectivity index is 2.74. The van der Waals surface area contributed by atoms with E-state index in [1.54, 1.807) is 13.8 Å². The number of carbonyl (C=O) groups is 2. The summed E-state index contributed by atoms with van der Waals surface area (Å²) < 4.78 is 17.8. The molecular weight excluding hydrogens is 237 g/mol. The Labute approximate surface area is 105 Å². The van der Waals surface area contributed by atoms with Crippen molar-refractivity contribution >= 4 is 11.9 Å². The smallest absolute Gasteiger partial charge is 0.325 e. The second-order valence-electron chi connectivity index (χ2n) is 3.93. The first-order valence-corrected chi connectivity index (χ1v) is 5.63. The molecule has 0 aliphatic heterocycles. The standard InChI is InChI=1S/C13H16FNO3/c1-4-18-12(16)8-15(3)13(17)10-5-6-11(14)9(2)7-10/h5-7H,4,8H2,1-3H3. The lowest BCUT2D eigenvalue weighted by Gasteiger charge is -2.16. The number of halogens is 1.